The minimum Gasteiger partial charge on any atom is -0.495 e. The molecule has 0 unspecified atom stereocenters. The van der Waals surface area contributed by atoms with Crippen LogP contribution in [0.5, 0.6) is 5.75 Å². The lowest BCUT2D eigenvalue weighted by molar-refractivity contribution is 0.415. The lowest BCUT2D eigenvalue weighted by Gasteiger charge is -2.11. The standard InChI is InChI=1S/C18H16ClNO/c1-21-18-11-15(9-10-17(18)19)20-12-14-7-4-6-13-5-2-3-8-16(13)14/h2-11,20H,12H2,1H3. The Bertz CT molecular complexity index is 765. The summed E-state index contributed by atoms with van der Waals surface area (Å²) in [7, 11) is 1.62. The van der Waals surface area contributed by atoms with Crippen molar-refractivity contribution < 1.29 is 4.74 Å². The largest absolute Gasteiger partial charge is 0.495 e. The number of hydrogen-bond donors (Lipinski definition) is 1. The van der Waals surface area contributed by atoms with Crippen LogP contribution >= 0.6 is 11.6 Å². The Hall–Kier alpha value is -2.19. The third-order valence-corrected chi connectivity index (χ3v) is 3.83. The molecule has 3 heteroatoms. The first kappa shape index (κ1) is 13.8. The van der Waals surface area contributed by atoms with E-state index in [9.17, 15) is 0 Å². The Morgan fingerprint density at radius 2 is 1.81 bits per heavy atom. The molecule has 0 atom stereocenters. The molecule has 21 heavy (non-hydrogen) atoms. The third-order valence-electron chi connectivity index (χ3n) is 3.51. The van der Waals surface area contributed by atoms with Gasteiger partial charge in [-0.15, -0.1) is 0 Å². The molecule has 0 radical (unpaired) electrons. The van der Waals surface area contributed by atoms with Gasteiger partial charge in [-0.1, -0.05) is 54.1 Å². The fourth-order valence-electron chi connectivity index (χ4n) is 2.41. The predicted octanol–water partition coefficient (Wildman–Crippen LogP) is 5.11. The summed E-state index contributed by atoms with van der Waals surface area (Å²) in [4.78, 5) is 0. The van der Waals surface area contributed by atoms with Crippen molar-refractivity contribution in [1.29, 1.82) is 0 Å². The summed E-state index contributed by atoms with van der Waals surface area (Å²) >= 11 is 6.04. The van der Waals surface area contributed by atoms with Gasteiger partial charge in [0.1, 0.15) is 5.75 Å². The zero-order chi connectivity index (χ0) is 14.7. The molecule has 0 amide bonds. The van der Waals surface area contributed by atoms with Crippen molar-refractivity contribution in [2.24, 2.45) is 0 Å². The molecule has 106 valence electrons. The Kier molecular flexibility index (Phi) is 3.98. The Balaban J connectivity index is 1.83. The molecule has 0 saturated heterocycles. The molecule has 0 aliphatic carbocycles. The van der Waals surface area contributed by atoms with Crippen molar-refractivity contribution in [1.82, 2.24) is 0 Å². The van der Waals surface area contributed by atoms with Crippen molar-refractivity contribution >= 4 is 28.1 Å². The second-order valence-electron chi connectivity index (χ2n) is 4.84. The van der Waals surface area contributed by atoms with Gasteiger partial charge in [0.2, 0.25) is 0 Å². The molecule has 0 fully saturated rings. The van der Waals surface area contributed by atoms with Crippen LogP contribution < -0.4 is 10.1 Å². The van der Waals surface area contributed by atoms with Crippen LogP contribution in [-0.4, -0.2) is 7.11 Å². The molecule has 1 N–H and O–H groups in total. The molecule has 0 saturated carbocycles. The van der Waals surface area contributed by atoms with E-state index >= 15 is 0 Å². The van der Waals surface area contributed by atoms with Crippen molar-refractivity contribution in [2.45, 2.75) is 6.54 Å². The molecule has 0 aliphatic heterocycles. The van der Waals surface area contributed by atoms with Gasteiger partial charge >= 0.3 is 0 Å². The monoisotopic (exact) mass is 297 g/mol. The predicted molar refractivity (Wildman–Crippen MR) is 89.3 cm³/mol. The average molecular weight is 298 g/mol. The molecule has 3 aromatic carbocycles. The van der Waals surface area contributed by atoms with Crippen LogP contribution in [0.4, 0.5) is 5.69 Å². The lowest BCUT2D eigenvalue weighted by atomic mass is 10.0. The number of methoxy groups -OCH3 is 1. The summed E-state index contributed by atoms with van der Waals surface area (Å²) < 4.78 is 5.24. The van der Waals surface area contributed by atoms with E-state index in [1.165, 1.54) is 16.3 Å². The SMILES string of the molecule is COc1cc(NCc2cccc3ccccc23)ccc1Cl. The molecule has 0 aliphatic rings. The minimum absolute atomic E-state index is 0.619. The quantitative estimate of drug-likeness (QED) is 0.722. The minimum atomic E-state index is 0.619. The fourth-order valence-corrected chi connectivity index (χ4v) is 2.61. The third kappa shape index (κ3) is 2.96. The maximum atomic E-state index is 6.04. The molecule has 0 bridgehead atoms. The zero-order valence-electron chi connectivity index (χ0n) is 11.8. The van der Waals surface area contributed by atoms with Crippen molar-refractivity contribution in [3.05, 3.63) is 71.2 Å². The Morgan fingerprint density at radius 1 is 1.00 bits per heavy atom. The van der Waals surface area contributed by atoms with Crippen LogP contribution in [0.3, 0.4) is 0 Å². The van der Waals surface area contributed by atoms with Gasteiger partial charge < -0.3 is 10.1 Å². The number of fused-ring (bicyclic) bond motifs is 1. The van der Waals surface area contributed by atoms with Crippen LogP contribution in [0, 0.1) is 0 Å². The van der Waals surface area contributed by atoms with Crippen LogP contribution in [0.2, 0.25) is 5.02 Å². The smallest absolute Gasteiger partial charge is 0.139 e. The van der Waals surface area contributed by atoms with Gasteiger partial charge in [-0.3, -0.25) is 0 Å². The van der Waals surface area contributed by atoms with E-state index in [1.807, 2.05) is 18.2 Å². The van der Waals surface area contributed by atoms with Crippen LogP contribution in [-0.2, 0) is 6.54 Å². The van der Waals surface area contributed by atoms with Crippen LogP contribution in [0.25, 0.3) is 10.8 Å². The van der Waals surface area contributed by atoms with Gasteiger partial charge in [0.05, 0.1) is 12.1 Å². The molecule has 0 heterocycles. The highest BCUT2D eigenvalue weighted by Crippen LogP contribution is 2.28. The number of hydrogen-bond acceptors (Lipinski definition) is 2. The number of rotatable bonds is 4. The van der Waals surface area contributed by atoms with Gasteiger partial charge in [0.25, 0.3) is 0 Å². The second kappa shape index (κ2) is 6.06. The van der Waals surface area contributed by atoms with E-state index in [0.29, 0.717) is 10.8 Å². The number of benzene rings is 3. The van der Waals surface area contributed by atoms with Gasteiger partial charge in [0, 0.05) is 18.3 Å². The summed E-state index contributed by atoms with van der Waals surface area (Å²) in [5, 5.41) is 6.56. The highest BCUT2D eigenvalue weighted by molar-refractivity contribution is 6.32. The Morgan fingerprint density at radius 3 is 2.67 bits per heavy atom. The maximum absolute atomic E-state index is 6.04. The topological polar surface area (TPSA) is 21.3 Å². The summed E-state index contributed by atoms with van der Waals surface area (Å²) in [5.74, 6) is 0.680. The molecule has 0 aromatic heterocycles. The Labute approximate surface area is 129 Å². The van der Waals surface area contributed by atoms with E-state index in [2.05, 4.69) is 47.8 Å². The van der Waals surface area contributed by atoms with Gasteiger partial charge in [-0.2, -0.15) is 0 Å². The normalized spacial score (nSPS) is 10.6. The number of nitrogens with one attached hydrogen (secondary N) is 1. The van der Waals surface area contributed by atoms with Crippen LogP contribution in [0.1, 0.15) is 5.56 Å². The van der Waals surface area contributed by atoms with Crippen molar-refractivity contribution in [3.63, 3.8) is 0 Å². The fraction of sp³-hybridized carbons (Fsp3) is 0.111. The van der Waals surface area contributed by atoms with E-state index in [0.717, 1.165) is 12.2 Å². The van der Waals surface area contributed by atoms with E-state index in [4.69, 9.17) is 16.3 Å². The van der Waals surface area contributed by atoms with Gasteiger partial charge in [-0.25, -0.2) is 0 Å². The van der Waals surface area contributed by atoms with E-state index in [1.54, 1.807) is 7.11 Å². The maximum Gasteiger partial charge on any atom is 0.139 e. The molecule has 3 aromatic rings. The molecule has 3 rings (SSSR count). The zero-order valence-corrected chi connectivity index (χ0v) is 12.5. The first-order chi connectivity index (χ1) is 10.3. The van der Waals surface area contributed by atoms with E-state index < -0.39 is 0 Å². The average Bonchev–Trinajstić information content (AvgIpc) is 2.54. The second-order valence-corrected chi connectivity index (χ2v) is 5.25. The number of anilines is 1. The number of ether oxygens (including phenoxy) is 1. The van der Waals surface area contributed by atoms with Crippen molar-refractivity contribution in [3.8, 4) is 5.75 Å². The first-order valence-electron chi connectivity index (χ1n) is 6.82. The summed E-state index contributed by atoms with van der Waals surface area (Å²) in [6.45, 7) is 0.756. The van der Waals surface area contributed by atoms with Gasteiger partial charge in [0.15, 0.2) is 0 Å². The summed E-state index contributed by atoms with van der Waals surface area (Å²) in [6.07, 6.45) is 0. The summed E-state index contributed by atoms with van der Waals surface area (Å²) in [6, 6.07) is 20.5. The lowest BCUT2D eigenvalue weighted by Crippen LogP contribution is -2.00. The van der Waals surface area contributed by atoms with E-state index in [-0.39, 0.29) is 0 Å². The molecule has 0 spiro atoms. The van der Waals surface area contributed by atoms with Gasteiger partial charge in [-0.05, 0) is 28.5 Å². The number of halogens is 1. The van der Waals surface area contributed by atoms with Crippen LogP contribution in [0.15, 0.2) is 60.7 Å². The highest BCUT2D eigenvalue weighted by atomic mass is 35.5. The molecule has 2 nitrogen and oxygen atoms in total. The molecular formula is C18H16ClNO. The first-order valence-corrected chi connectivity index (χ1v) is 7.20. The van der Waals surface area contributed by atoms with Crippen molar-refractivity contribution in [2.75, 3.05) is 12.4 Å². The molecular weight excluding hydrogens is 282 g/mol. The highest BCUT2D eigenvalue weighted by Gasteiger charge is 2.03. The summed E-state index contributed by atoms with van der Waals surface area (Å²) in [5.41, 5.74) is 2.26.